The van der Waals surface area contributed by atoms with Crippen molar-refractivity contribution >= 4 is 33.9 Å². The molecule has 0 radical (unpaired) electrons. The van der Waals surface area contributed by atoms with E-state index in [1.165, 1.54) is 5.56 Å². The Kier molecular flexibility index (Phi) is 5.53. The number of ether oxygens (including phenoxy) is 1. The summed E-state index contributed by atoms with van der Waals surface area (Å²) < 4.78 is 5.19. The fourth-order valence-electron chi connectivity index (χ4n) is 2.66. The second kappa shape index (κ2) is 8.01. The number of hydrogen-bond donors (Lipinski definition) is 3. The van der Waals surface area contributed by atoms with Crippen molar-refractivity contribution in [2.45, 2.75) is 13.3 Å². The molecule has 2 aromatic carbocycles. The van der Waals surface area contributed by atoms with Crippen LogP contribution in [0.2, 0.25) is 0 Å². The van der Waals surface area contributed by atoms with Gasteiger partial charge in [-0.3, -0.25) is 4.79 Å². The Morgan fingerprint density at radius 3 is 2.65 bits per heavy atom. The third-order valence-corrected chi connectivity index (χ3v) is 4.37. The molecule has 3 N–H and O–H groups in total. The SMILES string of the molecule is COc1ccc2cc(CCNC(=S)Nc3ccc(C)cc3)c(=O)[nH]c2c1. The van der Waals surface area contributed by atoms with Crippen LogP contribution in [0, 0.1) is 6.92 Å². The van der Waals surface area contributed by atoms with E-state index in [0.717, 1.165) is 22.3 Å². The summed E-state index contributed by atoms with van der Waals surface area (Å²) in [4.78, 5) is 15.2. The molecule has 0 fully saturated rings. The molecule has 0 unspecified atom stereocenters. The lowest BCUT2D eigenvalue weighted by Crippen LogP contribution is -2.31. The average Bonchev–Trinajstić information content (AvgIpc) is 2.63. The largest absolute Gasteiger partial charge is 0.497 e. The van der Waals surface area contributed by atoms with E-state index in [2.05, 4.69) is 15.6 Å². The predicted molar refractivity (Wildman–Crippen MR) is 110 cm³/mol. The second-order valence-electron chi connectivity index (χ2n) is 6.07. The van der Waals surface area contributed by atoms with Gasteiger partial charge in [0.1, 0.15) is 5.75 Å². The molecule has 26 heavy (non-hydrogen) atoms. The first-order valence-corrected chi connectivity index (χ1v) is 8.77. The van der Waals surface area contributed by atoms with Crippen LogP contribution in [0.15, 0.2) is 53.3 Å². The Balaban J connectivity index is 1.60. The minimum Gasteiger partial charge on any atom is -0.497 e. The van der Waals surface area contributed by atoms with Crippen LogP contribution in [0.3, 0.4) is 0 Å². The maximum absolute atomic E-state index is 12.3. The first-order chi connectivity index (χ1) is 12.5. The fourth-order valence-corrected chi connectivity index (χ4v) is 2.88. The molecule has 0 saturated carbocycles. The maximum atomic E-state index is 12.3. The molecule has 0 aliphatic carbocycles. The Morgan fingerprint density at radius 2 is 1.92 bits per heavy atom. The molecule has 0 spiro atoms. The van der Waals surface area contributed by atoms with Crippen molar-refractivity contribution in [1.82, 2.24) is 10.3 Å². The zero-order chi connectivity index (χ0) is 18.5. The number of aryl methyl sites for hydroxylation is 1. The molecule has 134 valence electrons. The smallest absolute Gasteiger partial charge is 0.251 e. The van der Waals surface area contributed by atoms with Crippen LogP contribution in [0.5, 0.6) is 5.75 Å². The Morgan fingerprint density at radius 1 is 1.15 bits per heavy atom. The van der Waals surface area contributed by atoms with E-state index in [1.54, 1.807) is 7.11 Å². The summed E-state index contributed by atoms with van der Waals surface area (Å²) in [7, 11) is 1.60. The van der Waals surface area contributed by atoms with Gasteiger partial charge in [0.05, 0.1) is 12.6 Å². The van der Waals surface area contributed by atoms with Gasteiger partial charge in [-0.1, -0.05) is 17.7 Å². The normalized spacial score (nSPS) is 10.5. The Hall–Kier alpha value is -2.86. The van der Waals surface area contributed by atoms with Gasteiger partial charge in [0.25, 0.3) is 5.56 Å². The number of benzene rings is 2. The lowest BCUT2D eigenvalue weighted by atomic mass is 10.1. The van der Waals surface area contributed by atoms with Crippen LogP contribution >= 0.6 is 12.2 Å². The van der Waals surface area contributed by atoms with Crippen molar-refractivity contribution < 1.29 is 4.74 Å². The molecule has 6 heteroatoms. The van der Waals surface area contributed by atoms with Crippen molar-refractivity contribution in [1.29, 1.82) is 0 Å². The van der Waals surface area contributed by atoms with E-state index in [0.29, 0.717) is 23.6 Å². The quantitative estimate of drug-likeness (QED) is 0.604. The summed E-state index contributed by atoms with van der Waals surface area (Å²) in [6, 6.07) is 15.5. The molecular formula is C20H21N3O2S. The highest BCUT2D eigenvalue weighted by Gasteiger charge is 2.05. The number of pyridine rings is 1. The Labute approximate surface area is 157 Å². The van der Waals surface area contributed by atoms with E-state index in [4.69, 9.17) is 17.0 Å². The Bertz CT molecular complexity index is 981. The van der Waals surface area contributed by atoms with Crippen LogP contribution < -0.4 is 20.9 Å². The molecule has 0 bridgehead atoms. The molecule has 0 amide bonds. The van der Waals surface area contributed by atoms with E-state index in [9.17, 15) is 4.79 Å². The average molecular weight is 367 g/mol. The topological polar surface area (TPSA) is 66.2 Å². The molecule has 1 heterocycles. The van der Waals surface area contributed by atoms with Crippen molar-refractivity contribution in [2.24, 2.45) is 0 Å². The van der Waals surface area contributed by atoms with Crippen LogP contribution in [-0.2, 0) is 6.42 Å². The molecule has 3 rings (SSSR count). The van der Waals surface area contributed by atoms with E-state index in [-0.39, 0.29) is 5.56 Å². The van der Waals surface area contributed by atoms with Crippen LogP contribution in [-0.4, -0.2) is 23.8 Å². The minimum atomic E-state index is -0.0926. The third kappa shape index (κ3) is 4.40. The molecule has 0 aliphatic rings. The highest BCUT2D eigenvalue weighted by atomic mass is 32.1. The first kappa shape index (κ1) is 17.9. The van der Waals surface area contributed by atoms with Gasteiger partial charge in [0, 0.05) is 23.9 Å². The van der Waals surface area contributed by atoms with Crippen molar-refractivity contribution in [3.63, 3.8) is 0 Å². The van der Waals surface area contributed by atoms with Gasteiger partial charge < -0.3 is 20.4 Å². The van der Waals surface area contributed by atoms with Crippen LogP contribution in [0.4, 0.5) is 5.69 Å². The lowest BCUT2D eigenvalue weighted by molar-refractivity contribution is 0.415. The number of aromatic nitrogens is 1. The number of rotatable bonds is 5. The van der Waals surface area contributed by atoms with Crippen molar-refractivity contribution in [2.75, 3.05) is 19.0 Å². The number of nitrogens with one attached hydrogen (secondary N) is 3. The van der Waals surface area contributed by atoms with Gasteiger partial charge in [0.15, 0.2) is 5.11 Å². The number of thiocarbonyl (C=S) groups is 1. The second-order valence-corrected chi connectivity index (χ2v) is 6.48. The lowest BCUT2D eigenvalue weighted by Gasteiger charge is -2.11. The molecular weight excluding hydrogens is 346 g/mol. The molecule has 5 nitrogen and oxygen atoms in total. The minimum absolute atomic E-state index is 0.0926. The molecule has 3 aromatic rings. The van der Waals surface area contributed by atoms with Gasteiger partial charge in [-0.2, -0.15) is 0 Å². The fraction of sp³-hybridized carbons (Fsp3) is 0.200. The number of fused-ring (bicyclic) bond motifs is 1. The summed E-state index contributed by atoms with van der Waals surface area (Å²) in [5.41, 5.74) is 3.52. The number of methoxy groups -OCH3 is 1. The van der Waals surface area contributed by atoms with Crippen molar-refractivity contribution in [3.8, 4) is 5.75 Å². The van der Waals surface area contributed by atoms with Crippen LogP contribution in [0.1, 0.15) is 11.1 Å². The zero-order valence-electron chi connectivity index (χ0n) is 14.8. The maximum Gasteiger partial charge on any atom is 0.251 e. The summed E-state index contributed by atoms with van der Waals surface area (Å²) >= 11 is 5.30. The number of hydrogen-bond acceptors (Lipinski definition) is 3. The van der Waals surface area contributed by atoms with E-state index >= 15 is 0 Å². The van der Waals surface area contributed by atoms with Gasteiger partial charge in [-0.25, -0.2) is 0 Å². The van der Waals surface area contributed by atoms with Gasteiger partial charge in [-0.05, 0) is 61.3 Å². The highest BCUT2D eigenvalue weighted by Crippen LogP contribution is 2.18. The summed E-state index contributed by atoms with van der Waals surface area (Å²) in [5, 5.41) is 7.78. The highest BCUT2D eigenvalue weighted by molar-refractivity contribution is 7.80. The van der Waals surface area contributed by atoms with Crippen LogP contribution in [0.25, 0.3) is 10.9 Å². The van der Waals surface area contributed by atoms with Crippen molar-refractivity contribution in [3.05, 3.63) is 70.0 Å². The molecule has 0 saturated heterocycles. The zero-order valence-corrected chi connectivity index (χ0v) is 15.6. The summed E-state index contributed by atoms with van der Waals surface area (Å²) in [5.74, 6) is 0.718. The standard InChI is InChI=1S/C20H21N3O2S/c1-13-3-6-16(7-4-13)22-20(26)21-10-9-15-11-14-5-8-17(25-2)12-18(14)23-19(15)24/h3-8,11-12H,9-10H2,1-2H3,(H,23,24)(H2,21,22,26). The predicted octanol–water partition coefficient (Wildman–Crippen LogP) is 3.37. The summed E-state index contributed by atoms with van der Waals surface area (Å²) in [6.07, 6.45) is 0.576. The van der Waals surface area contributed by atoms with Gasteiger partial charge in [-0.15, -0.1) is 0 Å². The molecule has 0 atom stereocenters. The van der Waals surface area contributed by atoms with E-state index in [1.807, 2.05) is 55.5 Å². The summed E-state index contributed by atoms with van der Waals surface area (Å²) in [6.45, 7) is 2.61. The number of anilines is 1. The van der Waals surface area contributed by atoms with Gasteiger partial charge >= 0.3 is 0 Å². The number of H-pyrrole nitrogens is 1. The first-order valence-electron chi connectivity index (χ1n) is 8.36. The number of aromatic amines is 1. The molecule has 0 aliphatic heterocycles. The van der Waals surface area contributed by atoms with E-state index < -0.39 is 0 Å². The third-order valence-electron chi connectivity index (χ3n) is 4.12. The van der Waals surface area contributed by atoms with Gasteiger partial charge in [0.2, 0.25) is 0 Å². The molecule has 1 aromatic heterocycles. The monoisotopic (exact) mass is 367 g/mol.